The number of nitro benzene ring substituents is 1. The third-order valence-corrected chi connectivity index (χ3v) is 2.19. The van der Waals surface area contributed by atoms with Crippen LogP contribution in [0.2, 0.25) is 0 Å². The SMILES string of the molecule is N.O=[N+]([O-])c1ccc(-c2ccccc2)cc1. The van der Waals surface area contributed by atoms with Crippen LogP contribution in [0.1, 0.15) is 0 Å². The molecule has 0 aliphatic heterocycles. The summed E-state index contributed by atoms with van der Waals surface area (Å²) >= 11 is 0. The Balaban J connectivity index is 0.00000128. The van der Waals surface area contributed by atoms with Gasteiger partial charge in [0.05, 0.1) is 4.92 Å². The van der Waals surface area contributed by atoms with Crippen molar-refractivity contribution in [2.45, 2.75) is 0 Å². The predicted molar refractivity (Wildman–Crippen MR) is 63.6 cm³/mol. The second kappa shape index (κ2) is 5.04. The van der Waals surface area contributed by atoms with Gasteiger partial charge in [0.25, 0.3) is 5.69 Å². The van der Waals surface area contributed by atoms with Crippen molar-refractivity contribution in [3.05, 3.63) is 64.7 Å². The van der Waals surface area contributed by atoms with Crippen molar-refractivity contribution in [2.24, 2.45) is 0 Å². The summed E-state index contributed by atoms with van der Waals surface area (Å²) in [5.41, 5.74) is 2.17. The lowest BCUT2D eigenvalue weighted by atomic mass is 10.1. The lowest BCUT2D eigenvalue weighted by molar-refractivity contribution is -0.384. The molecule has 2 aromatic rings. The van der Waals surface area contributed by atoms with Gasteiger partial charge in [0, 0.05) is 12.1 Å². The molecule has 0 unspecified atom stereocenters. The number of benzene rings is 2. The maximum absolute atomic E-state index is 10.5. The van der Waals surface area contributed by atoms with Gasteiger partial charge >= 0.3 is 0 Å². The van der Waals surface area contributed by atoms with Gasteiger partial charge in [-0.3, -0.25) is 10.1 Å². The van der Waals surface area contributed by atoms with Crippen LogP contribution in [0.5, 0.6) is 0 Å². The molecule has 0 aliphatic carbocycles. The average molecular weight is 216 g/mol. The molecule has 3 N–H and O–H groups in total. The van der Waals surface area contributed by atoms with Gasteiger partial charge in [0.2, 0.25) is 0 Å². The number of nitro groups is 1. The van der Waals surface area contributed by atoms with E-state index < -0.39 is 4.92 Å². The molecule has 0 atom stereocenters. The van der Waals surface area contributed by atoms with E-state index in [4.69, 9.17) is 0 Å². The number of hydrogen-bond acceptors (Lipinski definition) is 3. The van der Waals surface area contributed by atoms with Crippen LogP contribution in [0.3, 0.4) is 0 Å². The molecule has 0 fully saturated rings. The van der Waals surface area contributed by atoms with E-state index in [2.05, 4.69) is 0 Å². The van der Waals surface area contributed by atoms with Crippen LogP contribution >= 0.6 is 0 Å². The highest BCUT2D eigenvalue weighted by molar-refractivity contribution is 5.64. The first-order chi connectivity index (χ1) is 7.27. The Kier molecular flexibility index (Phi) is 3.74. The average Bonchev–Trinajstić information content (AvgIpc) is 2.30. The second-order valence-corrected chi connectivity index (χ2v) is 3.17. The van der Waals surface area contributed by atoms with Crippen molar-refractivity contribution in [3.63, 3.8) is 0 Å². The van der Waals surface area contributed by atoms with Crippen LogP contribution in [-0.4, -0.2) is 4.92 Å². The molecule has 0 amide bonds. The Morgan fingerprint density at radius 2 is 1.31 bits per heavy atom. The zero-order valence-electron chi connectivity index (χ0n) is 8.67. The quantitative estimate of drug-likeness (QED) is 0.617. The number of hydrogen-bond donors (Lipinski definition) is 1. The Bertz CT molecular complexity index is 466. The molecule has 0 heterocycles. The van der Waals surface area contributed by atoms with E-state index in [1.54, 1.807) is 12.1 Å². The normalized spacial score (nSPS) is 9.25. The van der Waals surface area contributed by atoms with Crippen molar-refractivity contribution in [3.8, 4) is 11.1 Å². The lowest BCUT2D eigenvalue weighted by Gasteiger charge is -1.99. The fraction of sp³-hybridized carbons (Fsp3) is 0. The van der Waals surface area contributed by atoms with Gasteiger partial charge in [-0.2, -0.15) is 0 Å². The minimum Gasteiger partial charge on any atom is -0.344 e. The third kappa shape index (κ3) is 2.43. The summed E-state index contributed by atoms with van der Waals surface area (Å²) in [4.78, 5) is 10.1. The zero-order chi connectivity index (χ0) is 10.7. The summed E-state index contributed by atoms with van der Waals surface area (Å²) in [5, 5.41) is 10.5. The molecular formula is C12H12N2O2. The topological polar surface area (TPSA) is 78.1 Å². The first-order valence-corrected chi connectivity index (χ1v) is 4.57. The summed E-state index contributed by atoms with van der Waals surface area (Å²) in [7, 11) is 0. The van der Waals surface area contributed by atoms with E-state index in [-0.39, 0.29) is 11.8 Å². The molecule has 0 radical (unpaired) electrons. The van der Waals surface area contributed by atoms with Crippen LogP contribution < -0.4 is 6.15 Å². The first kappa shape index (κ1) is 11.9. The van der Waals surface area contributed by atoms with E-state index in [1.165, 1.54) is 12.1 Å². The highest BCUT2D eigenvalue weighted by Gasteiger charge is 2.04. The Labute approximate surface area is 93.3 Å². The van der Waals surface area contributed by atoms with Crippen molar-refractivity contribution in [1.29, 1.82) is 0 Å². The molecule has 2 rings (SSSR count). The summed E-state index contributed by atoms with van der Waals surface area (Å²) in [6.07, 6.45) is 0. The molecule has 0 saturated carbocycles. The molecule has 16 heavy (non-hydrogen) atoms. The Morgan fingerprint density at radius 1 is 0.812 bits per heavy atom. The van der Waals surface area contributed by atoms with Gasteiger partial charge in [-0.25, -0.2) is 0 Å². The van der Waals surface area contributed by atoms with Crippen molar-refractivity contribution in [2.75, 3.05) is 0 Å². The Hall–Kier alpha value is -2.20. The number of nitrogens with zero attached hydrogens (tertiary/aromatic N) is 1. The predicted octanol–water partition coefficient (Wildman–Crippen LogP) is 3.42. The van der Waals surface area contributed by atoms with Gasteiger partial charge in [0.1, 0.15) is 0 Å². The molecule has 4 nitrogen and oxygen atoms in total. The number of non-ortho nitro benzene ring substituents is 1. The van der Waals surface area contributed by atoms with Crippen molar-refractivity contribution in [1.82, 2.24) is 6.15 Å². The summed E-state index contributed by atoms with van der Waals surface area (Å²) in [6, 6.07) is 16.3. The lowest BCUT2D eigenvalue weighted by Crippen LogP contribution is -1.86. The first-order valence-electron chi connectivity index (χ1n) is 4.57. The summed E-state index contributed by atoms with van der Waals surface area (Å²) in [6.45, 7) is 0. The van der Waals surface area contributed by atoms with E-state index >= 15 is 0 Å². The van der Waals surface area contributed by atoms with Crippen molar-refractivity contribution >= 4 is 5.69 Å². The minimum atomic E-state index is -0.394. The minimum absolute atomic E-state index is 0. The maximum atomic E-state index is 10.5. The highest BCUT2D eigenvalue weighted by atomic mass is 16.6. The van der Waals surface area contributed by atoms with E-state index in [1.807, 2.05) is 30.3 Å². The fourth-order valence-electron chi connectivity index (χ4n) is 1.41. The van der Waals surface area contributed by atoms with Gasteiger partial charge < -0.3 is 6.15 Å². The molecule has 82 valence electrons. The molecule has 0 saturated heterocycles. The molecule has 2 aromatic carbocycles. The molecule has 0 aliphatic rings. The third-order valence-electron chi connectivity index (χ3n) is 2.19. The second-order valence-electron chi connectivity index (χ2n) is 3.17. The van der Waals surface area contributed by atoms with Gasteiger partial charge in [-0.15, -0.1) is 0 Å². The largest absolute Gasteiger partial charge is 0.344 e. The fourth-order valence-corrected chi connectivity index (χ4v) is 1.41. The van der Waals surface area contributed by atoms with Gasteiger partial charge in [0.15, 0.2) is 0 Å². The molecule has 0 aromatic heterocycles. The molecular weight excluding hydrogens is 204 g/mol. The number of rotatable bonds is 2. The van der Waals surface area contributed by atoms with Crippen LogP contribution in [0.25, 0.3) is 11.1 Å². The maximum Gasteiger partial charge on any atom is 0.269 e. The molecule has 0 spiro atoms. The molecule has 0 bridgehead atoms. The monoisotopic (exact) mass is 216 g/mol. The zero-order valence-corrected chi connectivity index (χ0v) is 8.67. The van der Waals surface area contributed by atoms with Crippen LogP contribution in [0, 0.1) is 10.1 Å². The summed E-state index contributed by atoms with van der Waals surface area (Å²) in [5.74, 6) is 0. The smallest absolute Gasteiger partial charge is 0.269 e. The van der Waals surface area contributed by atoms with Gasteiger partial charge in [-0.1, -0.05) is 30.3 Å². The standard InChI is InChI=1S/C12H9NO2.H3N/c14-13(15)12-8-6-11(7-9-12)10-4-2-1-3-5-10;/h1-9H;1H3. The van der Waals surface area contributed by atoms with E-state index in [0.717, 1.165) is 11.1 Å². The van der Waals surface area contributed by atoms with Crippen LogP contribution in [0.15, 0.2) is 54.6 Å². The highest BCUT2D eigenvalue weighted by Crippen LogP contribution is 2.21. The Morgan fingerprint density at radius 3 is 1.81 bits per heavy atom. The molecule has 4 heteroatoms. The van der Waals surface area contributed by atoms with E-state index in [9.17, 15) is 10.1 Å². The van der Waals surface area contributed by atoms with Gasteiger partial charge in [-0.05, 0) is 23.3 Å². The summed E-state index contributed by atoms with van der Waals surface area (Å²) < 4.78 is 0. The van der Waals surface area contributed by atoms with Crippen molar-refractivity contribution < 1.29 is 4.92 Å². The van der Waals surface area contributed by atoms with Crippen LogP contribution in [-0.2, 0) is 0 Å². The van der Waals surface area contributed by atoms with E-state index in [0.29, 0.717) is 0 Å². The van der Waals surface area contributed by atoms with Crippen LogP contribution in [0.4, 0.5) is 5.69 Å².